The summed E-state index contributed by atoms with van der Waals surface area (Å²) in [6.45, 7) is 3.20. The molecule has 0 atom stereocenters. The number of H-pyrrole nitrogens is 1. The monoisotopic (exact) mass is 395 g/mol. The molecule has 3 N–H and O–H groups in total. The number of aromatic nitrogens is 1. The van der Waals surface area contributed by atoms with Gasteiger partial charge in [0.1, 0.15) is 5.75 Å². The highest BCUT2D eigenvalue weighted by molar-refractivity contribution is 6.15. The first-order valence-corrected chi connectivity index (χ1v) is 8.82. The Labute approximate surface area is 167 Å². The molecule has 0 saturated carbocycles. The number of aromatic amines is 1. The third-order valence-electron chi connectivity index (χ3n) is 4.47. The van der Waals surface area contributed by atoms with E-state index in [1.165, 1.54) is 27.2 Å². The quantitative estimate of drug-likeness (QED) is 0.445. The Kier molecular flexibility index (Phi) is 5.54. The summed E-state index contributed by atoms with van der Waals surface area (Å²) >= 11 is 0. The first kappa shape index (κ1) is 19.9. The van der Waals surface area contributed by atoms with Gasteiger partial charge in [-0.05, 0) is 38.1 Å². The molecule has 150 valence electrons. The highest BCUT2D eigenvalue weighted by Gasteiger charge is 2.20. The van der Waals surface area contributed by atoms with Crippen molar-refractivity contribution in [3.8, 4) is 5.75 Å². The first-order chi connectivity index (χ1) is 13.8. The molecule has 0 bridgehead atoms. The fourth-order valence-electron chi connectivity index (χ4n) is 3.24. The highest BCUT2D eigenvalue weighted by Crippen LogP contribution is 2.31. The van der Waals surface area contributed by atoms with Gasteiger partial charge in [0.2, 0.25) is 0 Å². The number of nitrogens with one attached hydrogen (secondary N) is 3. The van der Waals surface area contributed by atoms with Crippen LogP contribution in [-0.4, -0.2) is 37.0 Å². The van der Waals surface area contributed by atoms with E-state index >= 15 is 0 Å². The number of carbonyl (C=O) groups excluding carboxylic acids is 3. The van der Waals surface area contributed by atoms with Gasteiger partial charge in [-0.3, -0.25) is 4.79 Å². The number of benzene rings is 2. The Balaban J connectivity index is 2.03. The van der Waals surface area contributed by atoms with Crippen LogP contribution < -0.4 is 15.4 Å². The molecule has 0 fully saturated rings. The average Bonchev–Trinajstić information content (AvgIpc) is 3.04. The molecule has 0 radical (unpaired) electrons. The summed E-state index contributed by atoms with van der Waals surface area (Å²) in [6.07, 6.45) is 0. The van der Waals surface area contributed by atoms with Gasteiger partial charge < -0.3 is 25.1 Å². The summed E-state index contributed by atoms with van der Waals surface area (Å²) < 4.78 is 10.0. The fraction of sp³-hybridized carbons (Fsp3) is 0.190. The second-order valence-corrected chi connectivity index (χ2v) is 6.40. The number of ketones is 1. The van der Waals surface area contributed by atoms with Crippen molar-refractivity contribution in [1.82, 2.24) is 4.98 Å². The van der Waals surface area contributed by atoms with Gasteiger partial charge in [-0.2, -0.15) is 0 Å². The van der Waals surface area contributed by atoms with Crippen LogP contribution in [0.2, 0.25) is 0 Å². The Morgan fingerprint density at radius 2 is 1.69 bits per heavy atom. The Bertz CT molecular complexity index is 1120. The van der Waals surface area contributed by atoms with Crippen LogP contribution in [0.25, 0.3) is 10.9 Å². The predicted octanol–water partition coefficient (Wildman–Crippen LogP) is 4.12. The normalized spacial score (nSPS) is 10.5. The number of hydrogen-bond donors (Lipinski definition) is 3. The zero-order valence-corrected chi connectivity index (χ0v) is 16.5. The van der Waals surface area contributed by atoms with Crippen LogP contribution in [0.5, 0.6) is 5.75 Å². The van der Waals surface area contributed by atoms with E-state index in [1.807, 2.05) is 0 Å². The number of ether oxygens (including phenoxy) is 2. The van der Waals surface area contributed by atoms with Gasteiger partial charge in [0.25, 0.3) is 0 Å². The molecule has 2 aromatic carbocycles. The zero-order valence-electron chi connectivity index (χ0n) is 16.5. The standard InChI is InChI=1S/C21H21N3O5/c1-11-18(12(2)25)14-9-13(20(26)29-4)10-16(19(14)22-11)24-21(27)23-15-7-5-6-8-17(15)28-3/h5-10,22H,1-4H3,(H2,23,24,27). The molecule has 29 heavy (non-hydrogen) atoms. The minimum atomic E-state index is -0.576. The molecule has 1 aromatic heterocycles. The molecule has 1 heterocycles. The number of rotatable bonds is 5. The molecule has 0 unspecified atom stereocenters. The van der Waals surface area contributed by atoms with E-state index in [4.69, 9.17) is 9.47 Å². The van der Waals surface area contributed by atoms with Crippen molar-refractivity contribution in [3.63, 3.8) is 0 Å². The second-order valence-electron chi connectivity index (χ2n) is 6.40. The molecule has 8 nitrogen and oxygen atoms in total. The van der Waals surface area contributed by atoms with E-state index in [0.717, 1.165) is 0 Å². The number of hydrogen-bond acceptors (Lipinski definition) is 5. The zero-order chi connectivity index (χ0) is 21.1. The van der Waals surface area contributed by atoms with E-state index in [-0.39, 0.29) is 11.3 Å². The van der Waals surface area contributed by atoms with E-state index in [2.05, 4.69) is 15.6 Å². The summed E-state index contributed by atoms with van der Waals surface area (Å²) in [4.78, 5) is 39.9. The molecule has 0 aliphatic heterocycles. The fourth-order valence-corrected chi connectivity index (χ4v) is 3.24. The largest absolute Gasteiger partial charge is 0.495 e. The van der Waals surface area contributed by atoms with E-state index < -0.39 is 12.0 Å². The van der Waals surface area contributed by atoms with Gasteiger partial charge in [-0.1, -0.05) is 12.1 Å². The third kappa shape index (κ3) is 3.91. The number of urea groups is 1. The van der Waals surface area contributed by atoms with E-state index in [1.54, 1.807) is 37.3 Å². The Morgan fingerprint density at radius 3 is 2.34 bits per heavy atom. The third-order valence-corrected chi connectivity index (χ3v) is 4.47. The summed E-state index contributed by atoms with van der Waals surface area (Å²) in [5.41, 5.74) is 2.68. The maximum absolute atomic E-state index is 12.6. The second kappa shape index (κ2) is 8.05. The number of amides is 2. The number of fused-ring (bicyclic) bond motifs is 1. The number of methoxy groups -OCH3 is 2. The lowest BCUT2D eigenvalue weighted by atomic mass is 10.0. The molecule has 0 aliphatic carbocycles. The van der Waals surface area contributed by atoms with Crippen LogP contribution in [-0.2, 0) is 4.74 Å². The first-order valence-electron chi connectivity index (χ1n) is 8.82. The molecule has 0 saturated heterocycles. The molecule has 2 amide bonds. The SMILES string of the molecule is COC(=O)c1cc(NC(=O)Nc2ccccc2OC)c2[nH]c(C)c(C(C)=O)c2c1. The van der Waals surface area contributed by atoms with Crippen LogP contribution in [0.1, 0.15) is 33.3 Å². The van der Waals surface area contributed by atoms with Crippen molar-refractivity contribution in [3.05, 3.63) is 53.2 Å². The van der Waals surface area contributed by atoms with Crippen LogP contribution >= 0.6 is 0 Å². The van der Waals surface area contributed by atoms with Gasteiger partial charge in [0.15, 0.2) is 5.78 Å². The average molecular weight is 395 g/mol. The molecule has 8 heteroatoms. The number of anilines is 2. The molecule has 3 aromatic rings. The van der Waals surface area contributed by atoms with Gasteiger partial charge in [-0.15, -0.1) is 0 Å². The van der Waals surface area contributed by atoms with Crippen LogP contribution in [0, 0.1) is 6.92 Å². The molecule has 3 rings (SSSR count). The molecular weight excluding hydrogens is 374 g/mol. The topological polar surface area (TPSA) is 110 Å². The highest BCUT2D eigenvalue weighted by atomic mass is 16.5. The summed E-state index contributed by atoms with van der Waals surface area (Å²) in [5.74, 6) is -0.223. The Morgan fingerprint density at radius 1 is 1.00 bits per heavy atom. The number of esters is 1. The maximum Gasteiger partial charge on any atom is 0.337 e. The van der Waals surface area contributed by atoms with Gasteiger partial charge >= 0.3 is 12.0 Å². The molecule has 0 spiro atoms. The van der Waals surface area contributed by atoms with E-state index in [9.17, 15) is 14.4 Å². The molecule has 0 aliphatic rings. The van der Waals surface area contributed by atoms with Gasteiger partial charge in [-0.25, -0.2) is 9.59 Å². The van der Waals surface area contributed by atoms with Gasteiger partial charge in [0.05, 0.1) is 36.7 Å². The van der Waals surface area contributed by atoms with Gasteiger partial charge in [0, 0.05) is 16.6 Å². The van der Waals surface area contributed by atoms with Crippen molar-refractivity contribution >= 4 is 40.1 Å². The van der Waals surface area contributed by atoms with Crippen molar-refractivity contribution in [2.75, 3.05) is 24.9 Å². The van der Waals surface area contributed by atoms with Crippen LogP contribution in [0.3, 0.4) is 0 Å². The predicted molar refractivity (Wildman–Crippen MR) is 110 cm³/mol. The summed E-state index contributed by atoms with van der Waals surface area (Å²) in [6, 6.07) is 9.51. The number of aryl methyl sites for hydroxylation is 1. The number of carbonyl (C=O) groups is 3. The van der Waals surface area contributed by atoms with Crippen LogP contribution in [0.15, 0.2) is 36.4 Å². The minimum absolute atomic E-state index is 0.153. The lowest BCUT2D eigenvalue weighted by molar-refractivity contribution is 0.0600. The smallest absolute Gasteiger partial charge is 0.337 e. The lowest BCUT2D eigenvalue weighted by Crippen LogP contribution is -2.20. The lowest BCUT2D eigenvalue weighted by Gasteiger charge is -2.12. The Hall–Kier alpha value is -3.81. The van der Waals surface area contributed by atoms with Crippen molar-refractivity contribution in [2.24, 2.45) is 0 Å². The van der Waals surface area contributed by atoms with E-state index in [0.29, 0.717) is 39.3 Å². The number of para-hydroxylation sites is 2. The van der Waals surface area contributed by atoms with Crippen molar-refractivity contribution in [1.29, 1.82) is 0 Å². The van der Waals surface area contributed by atoms with Crippen molar-refractivity contribution < 1.29 is 23.9 Å². The summed E-state index contributed by atoms with van der Waals surface area (Å²) in [7, 11) is 2.77. The minimum Gasteiger partial charge on any atom is -0.495 e. The maximum atomic E-state index is 12.6. The number of Topliss-reactive ketones (excluding diaryl/α,β-unsaturated/α-hetero) is 1. The molecular formula is C21H21N3O5. The van der Waals surface area contributed by atoms with Crippen LogP contribution in [0.4, 0.5) is 16.2 Å². The summed E-state index contributed by atoms with van der Waals surface area (Å²) in [5, 5.41) is 5.97. The van der Waals surface area contributed by atoms with Crippen molar-refractivity contribution in [2.45, 2.75) is 13.8 Å².